The number of carbonyl (C=O) groups is 1. The van der Waals surface area contributed by atoms with Gasteiger partial charge in [0.05, 0.1) is 16.5 Å². The normalized spacial score (nSPS) is 15.4. The molecule has 0 radical (unpaired) electrons. The highest BCUT2D eigenvalue weighted by molar-refractivity contribution is 5.94. The first-order valence-corrected chi connectivity index (χ1v) is 12.2. The van der Waals surface area contributed by atoms with E-state index < -0.39 is 5.97 Å². The molecule has 0 atom stereocenters. The summed E-state index contributed by atoms with van der Waals surface area (Å²) in [6.45, 7) is 8.43. The number of aliphatic hydroxyl groups excluding tert-OH is 1. The third-order valence-corrected chi connectivity index (χ3v) is 6.92. The second-order valence-corrected chi connectivity index (χ2v) is 10.2. The molecule has 0 unspecified atom stereocenters. The van der Waals surface area contributed by atoms with E-state index in [1.807, 2.05) is 19.1 Å². The molecule has 1 aliphatic rings. The molecule has 35 heavy (non-hydrogen) atoms. The fraction of sp³-hybridized carbons (Fsp3) is 0.429. The summed E-state index contributed by atoms with van der Waals surface area (Å²) >= 11 is 0. The number of carboxylic acids is 1. The van der Waals surface area contributed by atoms with Crippen molar-refractivity contribution in [2.45, 2.75) is 46.5 Å². The first-order chi connectivity index (χ1) is 16.7. The van der Waals surface area contributed by atoms with Gasteiger partial charge in [-0.3, -0.25) is 4.79 Å². The number of nitrogens with zero attached hydrogens (tertiary/aromatic N) is 1. The summed E-state index contributed by atoms with van der Waals surface area (Å²) in [5, 5.41) is 22.8. The van der Waals surface area contributed by atoms with Crippen LogP contribution in [0.4, 0.5) is 11.6 Å². The van der Waals surface area contributed by atoms with Crippen molar-refractivity contribution < 1.29 is 19.4 Å². The molecule has 7 nitrogen and oxygen atoms in total. The molecule has 0 saturated carbocycles. The zero-order valence-electron chi connectivity index (χ0n) is 20.7. The molecule has 1 fully saturated rings. The van der Waals surface area contributed by atoms with Gasteiger partial charge in [0.1, 0.15) is 5.58 Å². The van der Waals surface area contributed by atoms with Crippen LogP contribution < -0.4 is 15.6 Å². The van der Waals surface area contributed by atoms with Gasteiger partial charge in [0.2, 0.25) is 5.88 Å². The highest BCUT2D eigenvalue weighted by Crippen LogP contribution is 2.35. The Balaban J connectivity index is 1.70. The van der Waals surface area contributed by atoms with Crippen LogP contribution in [0.1, 0.15) is 53.7 Å². The number of benzene rings is 2. The van der Waals surface area contributed by atoms with Crippen LogP contribution in [0.5, 0.6) is 0 Å². The number of para-hydroxylation sites is 1. The predicted octanol–water partition coefficient (Wildman–Crippen LogP) is 4.62. The van der Waals surface area contributed by atoms with Crippen molar-refractivity contribution in [2.75, 3.05) is 36.5 Å². The lowest BCUT2D eigenvalue weighted by molar-refractivity contribution is 0.0698. The molecule has 186 valence electrons. The Hall–Kier alpha value is -3.32. The Labute approximate surface area is 205 Å². The zero-order chi connectivity index (χ0) is 25.2. The summed E-state index contributed by atoms with van der Waals surface area (Å²) in [6.07, 6.45) is 2.81. The molecule has 0 aliphatic carbocycles. The largest absolute Gasteiger partial charge is 0.478 e. The molecule has 0 spiro atoms. The zero-order valence-corrected chi connectivity index (χ0v) is 20.7. The Kier molecular flexibility index (Phi) is 7.17. The number of rotatable bonds is 8. The number of fused-ring (bicyclic) bond motifs is 1. The summed E-state index contributed by atoms with van der Waals surface area (Å²) in [6, 6.07) is 10.7. The fourth-order valence-electron chi connectivity index (χ4n) is 4.80. The van der Waals surface area contributed by atoms with Crippen molar-refractivity contribution in [3.63, 3.8) is 0 Å². The smallest absolute Gasteiger partial charge is 0.337 e. The summed E-state index contributed by atoms with van der Waals surface area (Å²) in [5.41, 5.74) is 3.89. The second kappa shape index (κ2) is 10.1. The van der Waals surface area contributed by atoms with E-state index in [0.29, 0.717) is 41.1 Å². The third kappa shape index (κ3) is 5.35. The van der Waals surface area contributed by atoms with Crippen molar-refractivity contribution >= 4 is 28.5 Å². The Bertz CT molecular complexity index is 1280. The van der Waals surface area contributed by atoms with E-state index in [1.54, 1.807) is 24.3 Å². The lowest BCUT2D eigenvalue weighted by atomic mass is 9.82. The first-order valence-electron chi connectivity index (χ1n) is 12.2. The van der Waals surface area contributed by atoms with E-state index in [-0.39, 0.29) is 29.4 Å². The van der Waals surface area contributed by atoms with E-state index in [4.69, 9.17) is 4.42 Å². The maximum absolute atomic E-state index is 13.5. The van der Waals surface area contributed by atoms with Crippen molar-refractivity contribution in [3.8, 4) is 0 Å². The third-order valence-electron chi connectivity index (χ3n) is 6.92. The molecule has 1 aliphatic heterocycles. The minimum atomic E-state index is -0.981. The lowest BCUT2D eigenvalue weighted by Gasteiger charge is -2.37. The first kappa shape index (κ1) is 24.8. The van der Waals surface area contributed by atoms with Crippen molar-refractivity contribution in [2.24, 2.45) is 5.41 Å². The lowest BCUT2D eigenvalue weighted by Crippen LogP contribution is -2.38. The maximum atomic E-state index is 13.5. The molecular formula is C28H34N2O5. The predicted molar refractivity (Wildman–Crippen MR) is 139 cm³/mol. The van der Waals surface area contributed by atoms with Gasteiger partial charge in [-0.05, 0) is 60.9 Å². The van der Waals surface area contributed by atoms with Crippen LogP contribution >= 0.6 is 0 Å². The molecule has 3 aromatic rings. The van der Waals surface area contributed by atoms with Gasteiger partial charge in [-0.2, -0.15) is 0 Å². The summed E-state index contributed by atoms with van der Waals surface area (Å²) in [5.74, 6) is -0.410. The van der Waals surface area contributed by atoms with Gasteiger partial charge >= 0.3 is 5.97 Å². The summed E-state index contributed by atoms with van der Waals surface area (Å²) < 4.78 is 6.48. The summed E-state index contributed by atoms with van der Waals surface area (Å²) in [7, 11) is 0. The Morgan fingerprint density at radius 2 is 1.86 bits per heavy atom. The van der Waals surface area contributed by atoms with E-state index >= 15 is 0 Å². The molecule has 0 bridgehead atoms. The van der Waals surface area contributed by atoms with Crippen molar-refractivity contribution in [1.82, 2.24) is 0 Å². The quantitative estimate of drug-likeness (QED) is 0.434. The van der Waals surface area contributed by atoms with Crippen LogP contribution in [0.3, 0.4) is 0 Å². The molecule has 2 heterocycles. The molecule has 3 N–H and O–H groups in total. The van der Waals surface area contributed by atoms with Crippen molar-refractivity contribution in [3.05, 3.63) is 68.9 Å². The van der Waals surface area contributed by atoms with Crippen LogP contribution in [0.2, 0.25) is 0 Å². The second-order valence-electron chi connectivity index (χ2n) is 10.2. The van der Waals surface area contributed by atoms with E-state index in [1.165, 1.54) is 0 Å². The van der Waals surface area contributed by atoms with Crippen LogP contribution in [0.25, 0.3) is 11.0 Å². The van der Waals surface area contributed by atoms with Crippen LogP contribution in [0.15, 0.2) is 45.6 Å². The number of piperidine rings is 1. The van der Waals surface area contributed by atoms with Crippen LogP contribution in [-0.2, 0) is 12.8 Å². The van der Waals surface area contributed by atoms with E-state index in [0.717, 1.165) is 37.1 Å². The van der Waals surface area contributed by atoms with E-state index in [9.17, 15) is 19.8 Å². The number of aromatic carboxylic acids is 1. The van der Waals surface area contributed by atoms with Gasteiger partial charge in [0, 0.05) is 38.3 Å². The Morgan fingerprint density at radius 1 is 1.14 bits per heavy atom. The Morgan fingerprint density at radius 3 is 2.54 bits per heavy atom. The highest BCUT2D eigenvalue weighted by atomic mass is 16.4. The number of anilines is 2. The number of carboxylic acid groups (broad SMARTS) is 1. The molecule has 2 aromatic carbocycles. The van der Waals surface area contributed by atoms with Crippen LogP contribution in [0, 0.1) is 12.3 Å². The van der Waals surface area contributed by atoms with Gasteiger partial charge in [-0.15, -0.1) is 0 Å². The average molecular weight is 479 g/mol. The molecule has 4 rings (SSSR count). The van der Waals surface area contributed by atoms with Gasteiger partial charge in [0.25, 0.3) is 0 Å². The topological polar surface area (TPSA) is 103 Å². The molecule has 1 aromatic heterocycles. The minimum Gasteiger partial charge on any atom is -0.478 e. The van der Waals surface area contributed by atoms with Crippen molar-refractivity contribution in [1.29, 1.82) is 0 Å². The number of hydrogen-bond acceptors (Lipinski definition) is 6. The molecule has 0 amide bonds. The van der Waals surface area contributed by atoms with E-state index in [2.05, 4.69) is 24.1 Å². The number of aryl methyl sites for hydroxylation is 1. The standard InChI is InChI=1S/C28H34N2O5/c1-18-16-19(8-12-29-23-7-5-4-6-20(23)27(33)34)25-22(17-18)24(32)21(9-15-31)26(35-25)30-13-10-28(2,3)11-14-30/h4-7,16-17,29,31H,8-15H2,1-3H3,(H,33,34). The number of nitrogens with one attached hydrogen (secondary N) is 1. The number of aliphatic hydroxyl groups is 1. The number of hydrogen-bond donors (Lipinski definition) is 3. The van der Waals surface area contributed by atoms with Crippen LogP contribution in [-0.4, -0.2) is 42.4 Å². The minimum absolute atomic E-state index is 0.0886. The SMILES string of the molecule is Cc1cc(CCNc2ccccc2C(=O)O)c2oc(N3CCC(C)(C)CC3)c(CCO)c(=O)c2c1. The molecular weight excluding hydrogens is 444 g/mol. The monoisotopic (exact) mass is 478 g/mol. The van der Waals surface area contributed by atoms with Gasteiger partial charge in [-0.1, -0.05) is 32.0 Å². The highest BCUT2D eigenvalue weighted by Gasteiger charge is 2.29. The molecule has 7 heteroatoms. The summed E-state index contributed by atoms with van der Waals surface area (Å²) in [4.78, 5) is 27.2. The van der Waals surface area contributed by atoms with Gasteiger partial charge in [-0.25, -0.2) is 4.79 Å². The fourth-order valence-corrected chi connectivity index (χ4v) is 4.80. The van der Waals surface area contributed by atoms with Gasteiger partial charge in [0.15, 0.2) is 5.43 Å². The maximum Gasteiger partial charge on any atom is 0.337 e. The van der Waals surface area contributed by atoms with Gasteiger partial charge < -0.3 is 24.8 Å². The molecule has 1 saturated heterocycles. The average Bonchev–Trinajstić information content (AvgIpc) is 2.81.